The normalized spacial score (nSPS) is 15.3. The van der Waals surface area contributed by atoms with E-state index in [1.54, 1.807) is 20.8 Å². The van der Waals surface area contributed by atoms with Crippen LogP contribution in [0.15, 0.2) is 0 Å². The maximum atomic E-state index is 11.4. The first-order valence-electron chi connectivity index (χ1n) is 9.71. The first-order chi connectivity index (χ1) is 12.6. The topological polar surface area (TPSA) is 112 Å². The number of rotatable bonds is 17. The molecule has 8 nitrogen and oxygen atoms in total. The predicted octanol–water partition coefficient (Wildman–Crippen LogP) is 3.63. The van der Waals surface area contributed by atoms with Gasteiger partial charge in [0, 0.05) is 13.3 Å². The summed E-state index contributed by atoms with van der Waals surface area (Å²) in [6, 6.07) is 0. The molecule has 160 valence electrons. The predicted molar refractivity (Wildman–Crippen MR) is 99.2 cm³/mol. The van der Waals surface area contributed by atoms with E-state index in [-0.39, 0.29) is 12.8 Å². The molecule has 8 heteroatoms. The highest BCUT2D eigenvalue weighted by atomic mass is 16.9. The van der Waals surface area contributed by atoms with Crippen LogP contribution in [-0.4, -0.2) is 53.7 Å². The Balaban J connectivity index is 4.79. The van der Waals surface area contributed by atoms with Crippen LogP contribution in [0, 0.1) is 5.92 Å². The van der Waals surface area contributed by atoms with Gasteiger partial charge in [0.05, 0.1) is 25.2 Å². The fourth-order valence-corrected chi connectivity index (χ4v) is 2.48. The maximum Gasteiger partial charge on any atom is 0.309 e. The van der Waals surface area contributed by atoms with Gasteiger partial charge in [0.1, 0.15) is 0 Å². The molecule has 0 saturated heterocycles. The van der Waals surface area contributed by atoms with Gasteiger partial charge in [-0.3, -0.25) is 14.3 Å². The number of carboxylic acid groups (broad SMARTS) is 2. The monoisotopic (exact) mass is 392 g/mol. The van der Waals surface area contributed by atoms with Crippen LogP contribution in [0.2, 0.25) is 0 Å². The molecule has 0 aliphatic rings. The highest BCUT2D eigenvalue weighted by Gasteiger charge is 2.33. The van der Waals surface area contributed by atoms with Crippen LogP contribution in [0.3, 0.4) is 0 Å². The van der Waals surface area contributed by atoms with Crippen LogP contribution in [0.25, 0.3) is 0 Å². The second-order valence-corrected chi connectivity index (χ2v) is 6.67. The number of carbonyl (C=O) groups is 2. The SMILES string of the molecule is CCCCOC(C)(OCCCC)OC(C)OC(C)C(CCC(=O)O)C(=O)O. The van der Waals surface area contributed by atoms with Crippen molar-refractivity contribution in [1.29, 1.82) is 0 Å². The van der Waals surface area contributed by atoms with Crippen LogP contribution in [0.5, 0.6) is 0 Å². The summed E-state index contributed by atoms with van der Waals surface area (Å²) < 4.78 is 22.9. The van der Waals surface area contributed by atoms with E-state index in [1.165, 1.54) is 0 Å². The van der Waals surface area contributed by atoms with Crippen molar-refractivity contribution in [1.82, 2.24) is 0 Å². The molecule has 2 N–H and O–H groups in total. The van der Waals surface area contributed by atoms with Gasteiger partial charge in [0.15, 0.2) is 6.29 Å². The molecule has 27 heavy (non-hydrogen) atoms. The van der Waals surface area contributed by atoms with E-state index >= 15 is 0 Å². The minimum absolute atomic E-state index is 0.0180. The fourth-order valence-electron chi connectivity index (χ4n) is 2.48. The van der Waals surface area contributed by atoms with Crippen LogP contribution in [-0.2, 0) is 28.5 Å². The number of carboxylic acids is 2. The lowest BCUT2D eigenvalue weighted by atomic mass is 9.98. The number of aliphatic carboxylic acids is 2. The van der Waals surface area contributed by atoms with E-state index in [9.17, 15) is 14.7 Å². The zero-order chi connectivity index (χ0) is 20.9. The van der Waals surface area contributed by atoms with Gasteiger partial charge < -0.3 is 24.4 Å². The molecule has 0 radical (unpaired) electrons. The summed E-state index contributed by atoms with van der Waals surface area (Å²) >= 11 is 0. The Labute approximate surface area is 162 Å². The molecule has 0 amide bonds. The van der Waals surface area contributed by atoms with Crippen molar-refractivity contribution < 1.29 is 38.7 Å². The first-order valence-corrected chi connectivity index (χ1v) is 9.71. The third-order valence-electron chi connectivity index (χ3n) is 4.06. The molecule has 0 spiro atoms. The van der Waals surface area contributed by atoms with Crippen molar-refractivity contribution in [3.05, 3.63) is 0 Å². The average Bonchev–Trinajstić information content (AvgIpc) is 2.54. The lowest BCUT2D eigenvalue weighted by Gasteiger charge is -2.34. The Morgan fingerprint density at radius 2 is 1.52 bits per heavy atom. The van der Waals surface area contributed by atoms with Gasteiger partial charge in [-0.2, -0.15) is 0 Å². The zero-order valence-electron chi connectivity index (χ0n) is 17.2. The molecule has 0 aromatic heterocycles. The average molecular weight is 392 g/mol. The molecular formula is C19H36O8. The van der Waals surface area contributed by atoms with E-state index in [2.05, 4.69) is 13.8 Å². The number of hydrogen-bond acceptors (Lipinski definition) is 6. The van der Waals surface area contributed by atoms with Crippen molar-refractivity contribution in [2.24, 2.45) is 5.92 Å². The van der Waals surface area contributed by atoms with Gasteiger partial charge in [-0.15, -0.1) is 0 Å². The van der Waals surface area contributed by atoms with Crippen molar-refractivity contribution >= 4 is 11.9 Å². The van der Waals surface area contributed by atoms with Crippen molar-refractivity contribution in [2.75, 3.05) is 13.2 Å². The summed E-state index contributed by atoms with van der Waals surface area (Å²) in [6.45, 7) is 9.94. The third-order valence-corrected chi connectivity index (χ3v) is 4.06. The second-order valence-electron chi connectivity index (χ2n) is 6.67. The highest BCUT2D eigenvalue weighted by molar-refractivity contribution is 5.72. The molecule has 0 heterocycles. The maximum absolute atomic E-state index is 11.4. The van der Waals surface area contributed by atoms with Crippen LogP contribution >= 0.6 is 0 Å². The molecule has 0 fully saturated rings. The van der Waals surface area contributed by atoms with Gasteiger partial charge in [0.2, 0.25) is 0 Å². The quantitative estimate of drug-likeness (QED) is 0.285. The Kier molecular flexibility index (Phi) is 13.2. The van der Waals surface area contributed by atoms with Crippen molar-refractivity contribution in [3.8, 4) is 0 Å². The largest absolute Gasteiger partial charge is 0.481 e. The van der Waals surface area contributed by atoms with Crippen molar-refractivity contribution in [2.45, 2.75) is 91.5 Å². The molecular weight excluding hydrogens is 356 g/mol. The lowest BCUT2D eigenvalue weighted by Crippen LogP contribution is -2.42. The standard InChI is InChI=1S/C19H36O8/c1-6-8-12-24-19(5,25-13-9-7-2)27-15(4)26-14(3)16(18(22)23)10-11-17(20)21/h14-16H,6-13H2,1-5H3,(H,20,21)(H,22,23). The summed E-state index contributed by atoms with van der Waals surface area (Å²) in [6.07, 6.45) is 1.88. The molecule has 3 atom stereocenters. The molecule has 0 aliphatic carbocycles. The Hall–Kier alpha value is -1.22. The van der Waals surface area contributed by atoms with Gasteiger partial charge in [-0.25, -0.2) is 0 Å². The first kappa shape index (κ1) is 25.8. The minimum Gasteiger partial charge on any atom is -0.481 e. The minimum atomic E-state index is -1.29. The van der Waals surface area contributed by atoms with Crippen LogP contribution < -0.4 is 0 Å². The lowest BCUT2D eigenvalue weighted by molar-refractivity contribution is -0.411. The molecule has 0 aromatic carbocycles. The summed E-state index contributed by atoms with van der Waals surface area (Å²) in [5, 5.41) is 18.1. The van der Waals surface area contributed by atoms with Gasteiger partial charge in [0.25, 0.3) is 5.97 Å². The third kappa shape index (κ3) is 12.0. The van der Waals surface area contributed by atoms with Gasteiger partial charge in [-0.1, -0.05) is 26.7 Å². The molecule has 0 saturated carbocycles. The van der Waals surface area contributed by atoms with E-state index in [4.69, 9.17) is 24.1 Å². The number of hydrogen-bond donors (Lipinski definition) is 2. The van der Waals surface area contributed by atoms with E-state index in [1.807, 2.05) is 0 Å². The molecule has 0 aliphatic heterocycles. The summed E-state index contributed by atoms with van der Waals surface area (Å²) in [7, 11) is 0. The molecule has 3 unspecified atom stereocenters. The van der Waals surface area contributed by atoms with Gasteiger partial charge in [-0.05, 0) is 33.1 Å². The molecule has 0 rings (SSSR count). The van der Waals surface area contributed by atoms with E-state index in [0.29, 0.717) is 13.2 Å². The zero-order valence-corrected chi connectivity index (χ0v) is 17.2. The second kappa shape index (κ2) is 13.9. The summed E-state index contributed by atoms with van der Waals surface area (Å²) in [5.41, 5.74) is 0. The number of unbranched alkanes of at least 4 members (excludes halogenated alkanes) is 2. The Bertz CT molecular complexity index is 416. The van der Waals surface area contributed by atoms with Crippen LogP contribution in [0.1, 0.15) is 73.1 Å². The molecule has 0 aromatic rings. The summed E-state index contributed by atoms with van der Waals surface area (Å²) in [4.78, 5) is 22.1. The van der Waals surface area contributed by atoms with E-state index < -0.39 is 36.2 Å². The van der Waals surface area contributed by atoms with Gasteiger partial charge >= 0.3 is 11.9 Å². The Morgan fingerprint density at radius 1 is 1.00 bits per heavy atom. The fraction of sp³-hybridized carbons (Fsp3) is 0.895. The van der Waals surface area contributed by atoms with E-state index in [0.717, 1.165) is 25.7 Å². The highest BCUT2D eigenvalue weighted by Crippen LogP contribution is 2.22. The van der Waals surface area contributed by atoms with Crippen molar-refractivity contribution in [3.63, 3.8) is 0 Å². The van der Waals surface area contributed by atoms with Crippen LogP contribution in [0.4, 0.5) is 0 Å². The summed E-state index contributed by atoms with van der Waals surface area (Å²) in [5.74, 6) is -4.38. The molecule has 0 bridgehead atoms. The Morgan fingerprint density at radius 3 is 1.93 bits per heavy atom. The number of ether oxygens (including phenoxy) is 4. The smallest absolute Gasteiger partial charge is 0.309 e.